The van der Waals surface area contributed by atoms with Crippen LogP contribution < -0.4 is 14.5 Å². The summed E-state index contributed by atoms with van der Waals surface area (Å²) >= 11 is -0.0342. The van der Waals surface area contributed by atoms with E-state index in [9.17, 15) is 0 Å². The summed E-state index contributed by atoms with van der Waals surface area (Å²) in [6.45, 7) is 9.73. The first-order valence-corrected chi connectivity index (χ1v) is 24.4. The number of aryl methyl sites for hydroxylation is 1. The van der Waals surface area contributed by atoms with E-state index in [1.54, 1.807) is 0 Å². The van der Waals surface area contributed by atoms with Gasteiger partial charge in [-0.3, -0.25) is 0 Å². The van der Waals surface area contributed by atoms with Gasteiger partial charge in [0.1, 0.15) is 6.67 Å². The third-order valence-corrected chi connectivity index (χ3v) is 15.1. The molecule has 6 heteroatoms. The summed E-state index contributed by atoms with van der Waals surface area (Å²) in [5.41, 5.74) is 16.9. The Bertz CT molecular complexity index is 3070. The number of benzene rings is 7. The van der Waals surface area contributed by atoms with E-state index in [4.69, 9.17) is 9.72 Å². The molecule has 2 aliphatic rings. The van der Waals surface area contributed by atoms with Crippen LogP contribution in [0.25, 0.3) is 49.9 Å². The molecule has 0 spiro atoms. The maximum absolute atomic E-state index is 6.99. The molecule has 0 atom stereocenters. The second kappa shape index (κ2) is 15.0. The van der Waals surface area contributed by atoms with Crippen LogP contribution in [0.3, 0.4) is 0 Å². The van der Waals surface area contributed by atoms with Gasteiger partial charge in [-0.1, -0.05) is 112 Å². The predicted octanol–water partition coefficient (Wildman–Crippen LogP) is 13.9. The Morgan fingerprint density at radius 1 is 0.574 bits per heavy atom. The van der Waals surface area contributed by atoms with Crippen molar-refractivity contribution in [1.82, 2.24) is 9.55 Å². The zero-order valence-electron chi connectivity index (χ0n) is 34.9. The van der Waals surface area contributed by atoms with Gasteiger partial charge in [0.2, 0.25) is 0 Å². The van der Waals surface area contributed by atoms with Gasteiger partial charge in [-0.15, -0.1) is 0 Å². The fraction of sp³-hybridized carbons (Fsp3) is 0.145. The van der Waals surface area contributed by atoms with E-state index in [1.807, 2.05) is 0 Å². The number of hydrogen-bond donors (Lipinski definition) is 0. The zero-order chi connectivity index (χ0) is 41.2. The van der Waals surface area contributed by atoms with Crippen LogP contribution in [0.4, 0.5) is 22.7 Å². The quantitative estimate of drug-likeness (QED) is 0.149. The molecule has 0 saturated heterocycles. The molecule has 0 saturated carbocycles. The number of nitrogens with zero attached hydrogens (tertiary/aromatic N) is 4. The molecule has 0 aliphatic carbocycles. The fourth-order valence-electron chi connectivity index (χ4n) is 9.22. The van der Waals surface area contributed by atoms with Gasteiger partial charge in [0.15, 0.2) is 0 Å². The number of ether oxygens (including phenoxy) is 1. The van der Waals surface area contributed by atoms with E-state index >= 15 is 0 Å². The third-order valence-electron chi connectivity index (χ3n) is 12.3. The standard InChI is InChI=1S/C55H46N4OTe/c1-36-28-53(56-48-34-61-33-47(36)48)59-49-23-12-11-20-45(49)46-27-26-41(32-52(46)59)60-42-30-39(55(2,3)4)29-40(31-42)57-35-58(51-25-14-13-24-50(51)57)54-43(37-16-7-5-8-17-37)21-15-22-44(54)38-18-9-6-10-19-38/h5-32H,33-35H2,1-4H3. The molecule has 0 radical (unpaired) electrons. The predicted molar refractivity (Wildman–Crippen MR) is 255 cm³/mol. The van der Waals surface area contributed by atoms with Gasteiger partial charge in [-0.25, -0.2) is 0 Å². The first kappa shape index (κ1) is 37.7. The average Bonchev–Trinajstić information content (AvgIpc) is 4.01. The zero-order valence-corrected chi connectivity index (χ0v) is 37.2. The van der Waals surface area contributed by atoms with Gasteiger partial charge < -0.3 is 9.80 Å². The summed E-state index contributed by atoms with van der Waals surface area (Å²) in [6.07, 6.45) is 0. The first-order valence-electron chi connectivity index (χ1n) is 21.1. The van der Waals surface area contributed by atoms with E-state index in [0.29, 0.717) is 6.67 Å². The molecule has 61 heavy (non-hydrogen) atoms. The minimum atomic E-state index is -0.121. The molecule has 0 N–H and O–H groups in total. The van der Waals surface area contributed by atoms with Gasteiger partial charge in [-0.05, 0) is 34.7 Å². The van der Waals surface area contributed by atoms with Crippen LogP contribution in [0, 0.1) is 6.92 Å². The molecular weight excluding hydrogens is 860 g/mol. The van der Waals surface area contributed by atoms with Crippen molar-refractivity contribution in [3.63, 3.8) is 0 Å². The van der Waals surface area contributed by atoms with Gasteiger partial charge in [0.25, 0.3) is 0 Å². The molecule has 298 valence electrons. The maximum atomic E-state index is 6.99. The van der Waals surface area contributed by atoms with Crippen LogP contribution in [-0.4, -0.2) is 37.1 Å². The molecule has 2 aromatic heterocycles. The second-order valence-corrected chi connectivity index (χ2v) is 20.0. The van der Waals surface area contributed by atoms with Crippen LogP contribution in [0.2, 0.25) is 0 Å². The van der Waals surface area contributed by atoms with Gasteiger partial charge in [0, 0.05) is 11.1 Å². The summed E-state index contributed by atoms with van der Waals surface area (Å²) in [6, 6.07) is 61.3. The molecule has 9 aromatic rings. The van der Waals surface area contributed by atoms with Crippen LogP contribution in [-0.2, 0) is 14.4 Å². The summed E-state index contributed by atoms with van der Waals surface area (Å²) in [7, 11) is 0. The molecule has 4 heterocycles. The van der Waals surface area contributed by atoms with Crippen molar-refractivity contribution in [2.24, 2.45) is 0 Å². The van der Waals surface area contributed by atoms with E-state index < -0.39 is 0 Å². The van der Waals surface area contributed by atoms with E-state index in [0.717, 1.165) is 39.7 Å². The number of anilines is 4. The molecule has 2 aliphatic heterocycles. The van der Waals surface area contributed by atoms with E-state index in [1.165, 1.54) is 75.7 Å². The van der Waals surface area contributed by atoms with Crippen LogP contribution in [0.1, 0.15) is 43.2 Å². The Kier molecular flexibility index (Phi) is 9.26. The molecule has 5 nitrogen and oxygen atoms in total. The molecule has 11 rings (SSSR count). The molecule has 0 unspecified atom stereocenters. The number of aromatic nitrogens is 2. The molecular formula is C55H46N4OTe. The van der Waals surface area contributed by atoms with Gasteiger partial charge in [0.05, 0.1) is 17.1 Å². The average molecular weight is 907 g/mol. The number of para-hydroxylation sites is 4. The van der Waals surface area contributed by atoms with Crippen molar-refractivity contribution in [1.29, 1.82) is 0 Å². The van der Waals surface area contributed by atoms with Gasteiger partial charge >= 0.3 is 179 Å². The summed E-state index contributed by atoms with van der Waals surface area (Å²) in [5, 5.41) is 2.41. The van der Waals surface area contributed by atoms with Crippen molar-refractivity contribution < 1.29 is 4.74 Å². The number of rotatable bonds is 7. The van der Waals surface area contributed by atoms with Crippen molar-refractivity contribution in [2.75, 3.05) is 16.5 Å². The number of hydrogen-bond acceptors (Lipinski definition) is 4. The second-order valence-electron chi connectivity index (χ2n) is 17.2. The van der Waals surface area contributed by atoms with Crippen molar-refractivity contribution in [3.05, 3.63) is 192 Å². The monoisotopic (exact) mass is 908 g/mol. The Morgan fingerprint density at radius 3 is 1.95 bits per heavy atom. The van der Waals surface area contributed by atoms with E-state index in [-0.39, 0.29) is 26.3 Å². The fourth-order valence-corrected chi connectivity index (χ4v) is 12.4. The summed E-state index contributed by atoms with van der Waals surface area (Å²) in [5.74, 6) is 2.60. The SMILES string of the molecule is Cc1cc(-n2c3ccccc3c3ccc(Oc4cc(N5CN(c6c(-c7ccccc7)cccc6-c6ccccc6)c6ccccc65)cc(C(C)(C)C)c4)cc32)nc2c1C[Te]C2. The molecule has 0 amide bonds. The Balaban J connectivity index is 1.02. The normalized spacial score (nSPS) is 13.6. The molecule has 0 bridgehead atoms. The van der Waals surface area contributed by atoms with Crippen LogP contribution in [0.5, 0.6) is 11.5 Å². The van der Waals surface area contributed by atoms with Gasteiger partial charge in [-0.2, -0.15) is 0 Å². The number of pyridine rings is 1. The number of fused-ring (bicyclic) bond motifs is 5. The summed E-state index contributed by atoms with van der Waals surface area (Å²) < 4.78 is 11.7. The first-order chi connectivity index (χ1) is 29.8. The van der Waals surface area contributed by atoms with Crippen LogP contribution >= 0.6 is 0 Å². The van der Waals surface area contributed by atoms with Crippen molar-refractivity contribution in [3.8, 4) is 39.6 Å². The van der Waals surface area contributed by atoms with Crippen molar-refractivity contribution in [2.45, 2.75) is 42.0 Å². The molecule has 7 aromatic carbocycles. The Hall–Kier alpha value is -6.32. The Labute approximate surface area is 368 Å². The summed E-state index contributed by atoms with van der Waals surface area (Å²) in [4.78, 5) is 10.2. The Morgan fingerprint density at radius 2 is 1.23 bits per heavy atom. The van der Waals surface area contributed by atoms with Crippen LogP contribution in [0.15, 0.2) is 170 Å². The minimum absolute atomic E-state index is 0.0342. The van der Waals surface area contributed by atoms with Crippen molar-refractivity contribution >= 4 is 65.5 Å². The van der Waals surface area contributed by atoms with E-state index in [2.05, 4.69) is 212 Å². The topological polar surface area (TPSA) is 33.5 Å². The third kappa shape index (κ3) is 6.66. The molecule has 0 fully saturated rings.